The molecule has 0 aliphatic rings. The SMILES string of the molecule is CC(C)(CP(=O)(O)O)C(C(=O)O)P(=O)(O)O. The van der Waals surface area contributed by atoms with Crippen LogP contribution in [0.25, 0.3) is 0 Å². The third kappa shape index (κ3) is 4.74. The second kappa shape index (κ2) is 4.56. The summed E-state index contributed by atoms with van der Waals surface area (Å²) < 4.78 is 21.7. The number of hydrogen-bond donors (Lipinski definition) is 5. The van der Waals surface area contributed by atoms with Crippen molar-refractivity contribution in [1.29, 1.82) is 0 Å². The highest BCUT2D eigenvalue weighted by molar-refractivity contribution is 7.54. The minimum absolute atomic E-state index is 0.915. The molecule has 8 nitrogen and oxygen atoms in total. The van der Waals surface area contributed by atoms with E-state index < -0.39 is 38.4 Å². The molecule has 16 heavy (non-hydrogen) atoms. The number of carboxylic acid groups (broad SMARTS) is 1. The Morgan fingerprint density at radius 3 is 1.75 bits per heavy atom. The number of carboxylic acids is 1. The first-order chi connectivity index (χ1) is 6.77. The van der Waals surface area contributed by atoms with Gasteiger partial charge in [0.1, 0.15) is 0 Å². The van der Waals surface area contributed by atoms with Gasteiger partial charge in [0.15, 0.2) is 5.66 Å². The first kappa shape index (κ1) is 15.8. The molecule has 1 atom stereocenters. The highest BCUT2D eigenvalue weighted by Gasteiger charge is 2.49. The topological polar surface area (TPSA) is 152 Å². The van der Waals surface area contributed by atoms with Crippen LogP contribution in [-0.2, 0) is 13.9 Å². The van der Waals surface area contributed by atoms with Gasteiger partial charge >= 0.3 is 21.2 Å². The molecule has 0 aromatic rings. The molecule has 0 aliphatic carbocycles. The van der Waals surface area contributed by atoms with Gasteiger partial charge in [-0.2, -0.15) is 0 Å². The van der Waals surface area contributed by atoms with Crippen LogP contribution in [-0.4, -0.2) is 42.5 Å². The molecule has 0 bridgehead atoms. The van der Waals surface area contributed by atoms with Crippen molar-refractivity contribution < 1.29 is 38.6 Å². The van der Waals surface area contributed by atoms with Gasteiger partial charge in [0.25, 0.3) is 0 Å². The van der Waals surface area contributed by atoms with Crippen LogP contribution in [0.1, 0.15) is 13.8 Å². The van der Waals surface area contributed by atoms with Gasteiger partial charge in [0, 0.05) is 5.41 Å². The zero-order chi connectivity index (χ0) is 13.4. The predicted molar refractivity (Wildman–Crippen MR) is 54.2 cm³/mol. The largest absolute Gasteiger partial charge is 0.481 e. The molecule has 0 saturated heterocycles. The van der Waals surface area contributed by atoms with Gasteiger partial charge in [0.05, 0.1) is 6.16 Å². The molecule has 1 unspecified atom stereocenters. The molecule has 0 amide bonds. The molecule has 0 saturated carbocycles. The molecule has 0 aromatic heterocycles. The van der Waals surface area contributed by atoms with Gasteiger partial charge in [-0.05, 0) is 0 Å². The van der Waals surface area contributed by atoms with Crippen LogP contribution in [0.2, 0.25) is 0 Å². The summed E-state index contributed by atoms with van der Waals surface area (Å²) in [5.74, 6) is -1.79. The van der Waals surface area contributed by atoms with Crippen LogP contribution in [0.4, 0.5) is 0 Å². The standard InChI is InChI=1S/C6H14O8P2/c1-6(2,3-15(9,10)11)4(5(7)8)16(12,13)14/h4H,3H2,1-2H3,(H,7,8)(H2,9,10,11)(H2,12,13,14). The molecule has 5 N–H and O–H groups in total. The summed E-state index contributed by atoms with van der Waals surface area (Å²) >= 11 is 0. The number of rotatable bonds is 5. The first-order valence-electron chi connectivity index (χ1n) is 4.10. The van der Waals surface area contributed by atoms with Gasteiger partial charge in [-0.1, -0.05) is 13.8 Å². The van der Waals surface area contributed by atoms with Crippen LogP contribution in [0.3, 0.4) is 0 Å². The molecule has 10 heteroatoms. The summed E-state index contributed by atoms with van der Waals surface area (Å²) in [6.45, 7) is 2.17. The molecular weight excluding hydrogens is 262 g/mol. The van der Waals surface area contributed by atoms with Gasteiger partial charge < -0.3 is 24.7 Å². The number of hydrogen-bond acceptors (Lipinski definition) is 3. The minimum atomic E-state index is -4.98. The maximum Gasteiger partial charge on any atom is 0.340 e. The second-order valence-electron chi connectivity index (χ2n) is 4.14. The summed E-state index contributed by atoms with van der Waals surface area (Å²) in [5, 5.41) is 8.70. The molecule has 0 radical (unpaired) electrons. The van der Waals surface area contributed by atoms with E-state index in [0.29, 0.717) is 0 Å². The molecule has 0 fully saturated rings. The predicted octanol–water partition coefficient (Wildman–Crippen LogP) is -0.179. The summed E-state index contributed by atoms with van der Waals surface area (Å²) in [5.41, 5.74) is -3.86. The van der Waals surface area contributed by atoms with Gasteiger partial charge in [-0.25, -0.2) is 0 Å². The monoisotopic (exact) mass is 276 g/mol. The van der Waals surface area contributed by atoms with Crippen molar-refractivity contribution in [3.63, 3.8) is 0 Å². The fourth-order valence-electron chi connectivity index (χ4n) is 1.55. The lowest BCUT2D eigenvalue weighted by molar-refractivity contribution is -0.138. The Morgan fingerprint density at radius 2 is 1.56 bits per heavy atom. The van der Waals surface area contributed by atoms with E-state index in [4.69, 9.17) is 24.7 Å². The molecule has 0 heterocycles. The Morgan fingerprint density at radius 1 is 1.19 bits per heavy atom. The van der Waals surface area contributed by atoms with Crippen LogP contribution < -0.4 is 0 Å². The van der Waals surface area contributed by atoms with Crippen LogP contribution in [0.15, 0.2) is 0 Å². The van der Waals surface area contributed by atoms with E-state index in [-0.39, 0.29) is 0 Å². The van der Waals surface area contributed by atoms with Crippen molar-refractivity contribution in [1.82, 2.24) is 0 Å². The summed E-state index contributed by atoms with van der Waals surface area (Å²) in [6, 6.07) is 0. The third-order valence-corrected chi connectivity index (χ3v) is 4.74. The fourth-order valence-corrected chi connectivity index (χ4v) is 4.23. The Balaban J connectivity index is 5.31. The summed E-state index contributed by atoms with van der Waals surface area (Å²) in [6.07, 6.45) is -0.915. The average molecular weight is 276 g/mol. The highest BCUT2D eigenvalue weighted by Crippen LogP contribution is 2.54. The number of aliphatic carboxylic acids is 1. The minimum Gasteiger partial charge on any atom is -0.481 e. The first-order valence-corrected chi connectivity index (χ1v) is 7.58. The summed E-state index contributed by atoms with van der Waals surface area (Å²) in [7, 11) is -9.54. The lowest BCUT2D eigenvalue weighted by Gasteiger charge is -2.31. The van der Waals surface area contributed by atoms with E-state index in [1.165, 1.54) is 0 Å². The number of carbonyl (C=O) groups is 1. The van der Waals surface area contributed by atoms with E-state index in [0.717, 1.165) is 13.8 Å². The average Bonchev–Trinajstić information content (AvgIpc) is 1.70. The highest BCUT2D eigenvalue weighted by atomic mass is 31.2. The Labute approximate surface area is 91.6 Å². The molecular formula is C6H14O8P2. The van der Waals surface area contributed by atoms with Gasteiger partial charge in [-0.15, -0.1) is 0 Å². The molecule has 0 aromatic carbocycles. The Kier molecular flexibility index (Phi) is 4.50. The zero-order valence-corrected chi connectivity index (χ0v) is 10.4. The van der Waals surface area contributed by atoms with Crippen molar-refractivity contribution in [2.24, 2.45) is 5.41 Å². The maximum atomic E-state index is 11.0. The quantitative estimate of drug-likeness (QED) is 0.433. The van der Waals surface area contributed by atoms with E-state index in [1.807, 2.05) is 0 Å². The Bertz CT molecular complexity index is 363. The lowest BCUT2D eigenvalue weighted by atomic mass is 9.91. The molecule has 96 valence electrons. The van der Waals surface area contributed by atoms with Crippen molar-refractivity contribution >= 4 is 21.2 Å². The van der Waals surface area contributed by atoms with Crippen molar-refractivity contribution in [2.75, 3.05) is 6.16 Å². The van der Waals surface area contributed by atoms with Crippen molar-refractivity contribution in [3.05, 3.63) is 0 Å². The molecule has 0 rings (SSSR count). The normalized spacial score (nSPS) is 15.9. The van der Waals surface area contributed by atoms with E-state index >= 15 is 0 Å². The van der Waals surface area contributed by atoms with Gasteiger partial charge in [0.2, 0.25) is 0 Å². The third-order valence-electron chi connectivity index (χ3n) is 1.92. The van der Waals surface area contributed by atoms with Gasteiger partial charge in [-0.3, -0.25) is 13.9 Å². The van der Waals surface area contributed by atoms with Crippen LogP contribution in [0, 0.1) is 5.41 Å². The van der Waals surface area contributed by atoms with Crippen molar-refractivity contribution in [2.45, 2.75) is 19.5 Å². The van der Waals surface area contributed by atoms with E-state index in [9.17, 15) is 13.9 Å². The summed E-state index contributed by atoms with van der Waals surface area (Å²) in [4.78, 5) is 45.9. The fraction of sp³-hybridized carbons (Fsp3) is 0.833. The Hall–Kier alpha value is -0.230. The lowest BCUT2D eigenvalue weighted by Crippen LogP contribution is -2.39. The molecule has 0 spiro atoms. The zero-order valence-electron chi connectivity index (χ0n) is 8.64. The van der Waals surface area contributed by atoms with Crippen LogP contribution >= 0.6 is 15.2 Å². The maximum absolute atomic E-state index is 11.0. The van der Waals surface area contributed by atoms with Crippen LogP contribution in [0.5, 0.6) is 0 Å². The van der Waals surface area contributed by atoms with E-state index in [2.05, 4.69) is 0 Å². The van der Waals surface area contributed by atoms with Crippen molar-refractivity contribution in [3.8, 4) is 0 Å². The van der Waals surface area contributed by atoms with E-state index in [1.54, 1.807) is 0 Å². The molecule has 0 aliphatic heterocycles. The second-order valence-corrected chi connectivity index (χ2v) is 7.48. The smallest absolute Gasteiger partial charge is 0.340 e.